The fraction of sp³-hybridized carbons (Fsp3) is 0.174. The lowest BCUT2D eigenvalue weighted by Crippen LogP contribution is -2.40. The van der Waals surface area contributed by atoms with Crippen molar-refractivity contribution in [1.29, 1.82) is 0 Å². The highest BCUT2D eigenvalue weighted by molar-refractivity contribution is 7.17. The molecule has 0 saturated heterocycles. The number of para-hydroxylation sites is 1. The molecule has 2 aromatic heterocycles. The number of thiophene rings is 1. The zero-order valence-electron chi connectivity index (χ0n) is 17.0. The molecule has 0 saturated carbocycles. The third-order valence-electron chi connectivity index (χ3n) is 4.98. The molecule has 0 aliphatic heterocycles. The van der Waals surface area contributed by atoms with Gasteiger partial charge in [-0.1, -0.05) is 49.7 Å². The summed E-state index contributed by atoms with van der Waals surface area (Å²) in [4.78, 5) is 39.2. The summed E-state index contributed by atoms with van der Waals surface area (Å²) < 4.78 is 2.77. The largest absolute Gasteiger partial charge is 0.336 e. The van der Waals surface area contributed by atoms with Gasteiger partial charge in [0.15, 0.2) is 0 Å². The van der Waals surface area contributed by atoms with Crippen LogP contribution < -0.4 is 16.6 Å². The lowest BCUT2D eigenvalue weighted by atomic mass is 10.0. The van der Waals surface area contributed by atoms with Gasteiger partial charge in [0.2, 0.25) is 5.91 Å². The molecule has 6 nitrogen and oxygen atoms in total. The molecule has 0 fully saturated rings. The average molecular weight is 454 g/mol. The van der Waals surface area contributed by atoms with Crippen molar-refractivity contribution in [2.24, 2.45) is 0 Å². The Morgan fingerprint density at radius 3 is 2.61 bits per heavy atom. The summed E-state index contributed by atoms with van der Waals surface area (Å²) in [6, 6.07) is 15.8. The molecule has 4 rings (SSSR count). The van der Waals surface area contributed by atoms with E-state index in [0.29, 0.717) is 26.6 Å². The molecule has 0 spiro atoms. The van der Waals surface area contributed by atoms with Crippen molar-refractivity contribution in [3.63, 3.8) is 0 Å². The SMILES string of the molecule is CC(C)c1ccccc1NC(=O)Cn1c(=O)n(-c2cccc(Cl)c2)c(=O)c2sccc21. The first kappa shape index (κ1) is 21.1. The van der Waals surface area contributed by atoms with Gasteiger partial charge in [0.05, 0.1) is 11.2 Å². The Bertz CT molecular complexity index is 1400. The topological polar surface area (TPSA) is 73.1 Å². The molecule has 0 unspecified atom stereocenters. The average Bonchev–Trinajstić information content (AvgIpc) is 3.22. The highest BCUT2D eigenvalue weighted by Gasteiger charge is 2.18. The number of anilines is 1. The predicted octanol–water partition coefficient (Wildman–Crippen LogP) is 4.63. The number of nitrogens with one attached hydrogen (secondary N) is 1. The summed E-state index contributed by atoms with van der Waals surface area (Å²) >= 11 is 7.30. The van der Waals surface area contributed by atoms with Gasteiger partial charge in [-0.3, -0.25) is 14.2 Å². The lowest BCUT2D eigenvalue weighted by molar-refractivity contribution is -0.116. The second-order valence-corrected chi connectivity index (χ2v) is 8.77. The molecule has 8 heteroatoms. The highest BCUT2D eigenvalue weighted by atomic mass is 35.5. The van der Waals surface area contributed by atoms with Gasteiger partial charge in [-0.2, -0.15) is 0 Å². The number of aromatic nitrogens is 2. The van der Waals surface area contributed by atoms with Crippen LogP contribution in [0.1, 0.15) is 25.3 Å². The van der Waals surface area contributed by atoms with Gasteiger partial charge in [-0.05, 0) is 47.2 Å². The zero-order chi connectivity index (χ0) is 22.1. The van der Waals surface area contributed by atoms with E-state index in [2.05, 4.69) is 5.32 Å². The molecule has 0 atom stereocenters. The molecule has 158 valence electrons. The first-order chi connectivity index (χ1) is 14.9. The number of amides is 1. The maximum atomic E-state index is 13.3. The van der Waals surface area contributed by atoms with Crippen LogP contribution in [0.5, 0.6) is 0 Å². The Labute approximate surface area is 187 Å². The quantitative estimate of drug-likeness (QED) is 0.478. The molecule has 1 amide bonds. The van der Waals surface area contributed by atoms with Crippen LogP contribution in [-0.2, 0) is 11.3 Å². The van der Waals surface area contributed by atoms with Crippen molar-refractivity contribution >= 4 is 44.7 Å². The predicted molar refractivity (Wildman–Crippen MR) is 126 cm³/mol. The Morgan fingerprint density at radius 2 is 1.87 bits per heavy atom. The maximum absolute atomic E-state index is 13.3. The number of fused-ring (bicyclic) bond motifs is 1. The number of carbonyl (C=O) groups is 1. The van der Waals surface area contributed by atoms with Crippen LogP contribution in [0, 0.1) is 0 Å². The van der Waals surface area contributed by atoms with Crippen LogP contribution in [0.4, 0.5) is 5.69 Å². The summed E-state index contributed by atoms with van der Waals surface area (Å²) in [7, 11) is 0. The Morgan fingerprint density at radius 1 is 1.10 bits per heavy atom. The van der Waals surface area contributed by atoms with E-state index >= 15 is 0 Å². The smallest absolute Gasteiger partial charge is 0.324 e. The molecular formula is C23H20ClN3O3S. The lowest BCUT2D eigenvalue weighted by Gasteiger charge is -2.15. The van der Waals surface area contributed by atoms with Gasteiger partial charge < -0.3 is 5.32 Å². The fourth-order valence-electron chi connectivity index (χ4n) is 3.53. The number of hydrogen-bond donors (Lipinski definition) is 1. The molecule has 2 aromatic carbocycles. The first-order valence-corrected chi connectivity index (χ1v) is 11.0. The van der Waals surface area contributed by atoms with Crippen molar-refractivity contribution < 1.29 is 4.79 Å². The molecule has 2 heterocycles. The molecule has 0 bridgehead atoms. The highest BCUT2D eigenvalue weighted by Crippen LogP contribution is 2.24. The van der Waals surface area contributed by atoms with Crippen molar-refractivity contribution in [2.75, 3.05) is 5.32 Å². The summed E-state index contributed by atoms with van der Waals surface area (Å²) in [5, 5.41) is 5.04. The van der Waals surface area contributed by atoms with Crippen LogP contribution in [0.15, 0.2) is 69.6 Å². The van der Waals surface area contributed by atoms with Gasteiger partial charge in [-0.15, -0.1) is 11.3 Å². The van der Waals surface area contributed by atoms with Crippen molar-refractivity contribution in [1.82, 2.24) is 9.13 Å². The Balaban J connectivity index is 1.78. The summed E-state index contributed by atoms with van der Waals surface area (Å²) in [5.74, 6) is -0.119. The van der Waals surface area contributed by atoms with Crippen LogP contribution >= 0.6 is 22.9 Å². The van der Waals surface area contributed by atoms with E-state index in [4.69, 9.17) is 11.6 Å². The maximum Gasteiger partial charge on any atom is 0.336 e. The van der Waals surface area contributed by atoms with E-state index in [0.717, 1.165) is 10.1 Å². The molecule has 4 aromatic rings. The van der Waals surface area contributed by atoms with Crippen LogP contribution in [0.3, 0.4) is 0 Å². The molecule has 31 heavy (non-hydrogen) atoms. The van der Waals surface area contributed by atoms with Crippen LogP contribution in [-0.4, -0.2) is 15.0 Å². The molecular weight excluding hydrogens is 434 g/mol. The summed E-state index contributed by atoms with van der Waals surface area (Å²) in [5.41, 5.74) is 1.49. The standard InChI is InChI=1S/C23H20ClN3O3S/c1-14(2)17-8-3-4-9-18(17)25-20(28)13-26-19-10-11-31-21(19)22(29)27(23(26)30)16-7-5-6-15(24)12-16/h3-12,14H,13H2,1-2H3,(H,25,28). The summed E-state index contributed by atoms with van der Waals surface area (Å²) in [6.45, 7) is 3.87. The van der Waals surface area contributed by atoms with Gasteiger partial charge in [-0.25, -0.2) is 9.36 Å². The molecule has 0 aliphatic carbocycles. The van der Waals surface area contributed by atoms with Crippen LogP contribution in [0.25, 0.3) is 15.9 Å². The monoisotopic (exact) mass is 453 g/mol. The Hall–Kier alpha value is -3.16. The van der Waals surface area contributed by atoms with E-state index < -0.39 is 11.2 Å². The number of rotatable bonds is 5. The Kier molecular flexibility index (Phi) is 5.80. The van der Waals surface area contributed by atoms with Crippen LogP contribution in [0.2, 0.25) is 5.02 Å². The number of hydrogen-bond acceptors (Lipinski definition) is 4. The third kappa shape index (κ3) is 4.06. The number of benzene rings is 2. The molecule has 0 aliphatic rings. The van der Waals surface area contributed by atoms with E-state index in [1.807, 2.05) is 38.1 Å². The fourth-order valence-corrected chi connectivity index (χ4v) is 4.54. The summed E-state index contributed by atoms with van der Waals surface area (Å²) in [6.07, 6.45) is 0. The normalized spacial score (nSPS) is 11.2. The third-order valence-corrected chi connectivity index (χ3v) is 6.11. The van der Waals surface area contributed by atoms with Crippen molar-refractivity contribution in [3.05, 3.63) is 91.4 Å². The minimum atomic E-state index is -0.592. The van der Waals surface area contributed by atoms with Crippen molar-refractivity contribution in [3.8, 4) is 5.69 Å². The minimum absolute atomic E-state index is 0.223. The van der Waals surface area contributed by atoms with Gasteiger partial charge >= 0.3 is 5.69 Å². The molecule has 1 N–H and O–H groups in total. The van der Waals surface area contributed by atoms with Crippen molar-refractivity contribution in [2.45, 2.75) is 26.3 Å². The van der Waals surface area contributed by atoms with Gasteiger partial charge in [0.1, 0.15) is 11.2 Å². The minimum Gasteiger partial charge on any atom is -0.324 e. The van der Waals surface area contributed by atoms with E-state index in [9.17, 15) is 14.4 Å². The first-order valence-electron chi connectivity index (χ1n) is 9.74. The van der Waals surface area contributed by atoms with E-state index in [1.54, 1.807) is 35.7 Å². The van der Waals surface area contributed by atoms with Gasteiger partial charge in [0.25, 0.3) is 5.56 Å². The second kappa shape index (κ2) is 8.53. The number of carbonyl (C=O) groups excluding carboxylic acids is 1. The van der Waals surface area contributed by atoms with E-state index in [1.165, 1.54) is 15.9 Å². The zero-order valence-corrected chi connectivity index (χ0v) is 18.5. The van der Waals surface area contributed by atoms with E-state index in [-0.39, 0.29) is 18.4 Å². The molecule has 0 radical (unpaired) electrons. The second-order valence-electron chi connectivity index (χ2n) is 7.41. The van der Waals surface area contributed by atoms with Gasteiger partial charge in [0, 0.05) is 10.7 Å². The number of halogens is 1. The number of nitrogens with zero attached hydrogens (tertiary/aromatic N) is 2.